The normalized spacial score (nSPS) is 11.8. The molecule has 0 saturated heterocycles. The van der Waals surface area contributed by atoms with E-state index in [1.165, 1.54) is 0 Å². The number of nitrogens with one attached hydrogen (secondary N) is 1. The van der Waals surface area contributed by atoms with Crippen molar-refractivity contribution in [3.8, 4) is 17.0 Å². The van der Waals surface area contributed by atoms with Gasteiger partial charge in [-0.05, 0) is 45.4 Å². The third-order valence-electron chi connectivity index (χ3n) is 4.78. The Hall–Kier alpha value is -3.44. The fraction of sp³-hybridized carbons (Fsp3) is 0.238. The summed E-state index contributed by atoms with van der Waals surface area (Å²) in [5.74, 6) is 0.990. The van der Waals surface area contributed by atoms with E-state index in [1.807, 2.05) is 19.9 Å². The van der Waals surface area contributed by atoms with Crippen LogP contribution in [0.5, 0.6) is 5.88 Å². The lowest BCUT2D eigenvalue weighted by Crippen LogP contribution is -1.98. The average Bonchev–Trinajstić information content (AvgIpc) is 3.34. The molecule has 0 aliphatic rings. The highest BCUT2D eigenvalue weighted by atomic mass is 32.1. The number of rotatable bonds is 4. The van der Waals surface area contributed by atoms with E-state index in [4.69, 9.17) is 4.74 Å². The fourth-order valence-electron chi connectivity index (χ4n) is 3.41. The van der Waals surface area contributed by atoms with Gasteiger partial charge in [-0.25, -0.2) is 15.0 Å². The van der Waals surface area contributed by atoms with Crippen LogP contribution in [0.4, 0.5) is 0 Å². The maximum atomic E-state index is 9.76. The molecule has 1 N–H and O–H groups in total. The summed E-state index contributed by atoms with van der Waals surface area (Å²) in [6.07, 6.45) is 3.52. The van der Waals surface area contributed by atoms with E-state index >= 15 is 0 Å². The number of imidazole rings is 1. The van der Waals surface area contributed by atoms with Gasteiger partial charge < -0.3 is 14.3 Å². The molecule has 0 amide bonds. The van der Waals surface area contributed by atoms with Gasteiger partial charge in [0.1, 0.15) is 16.9 Å². The first kappa shape index (κ1) is 18.9. The number of thiazole rings is 1. The number of ether oxygens (including phenoxy) is 1. The number of hydrogen-bond acceptors (Lipinski definition) is 6. The van der Waals surface area contributed by atoms with Gasteiger partial charge in [0.25, 0.3) is 0 Å². The molecule has 0 saturated carbocycles. The molecule has 0 aromatic carbocycles. The largest absolute Gasteiger partial charge is 0.481 e. The van der Waals surface area contributed by atoms with Gasteiger partial charge >= 0.3 is 0 Å². The Morgan fingerprint density at radius 3 is 2.69 bits per heavy atom. The summed E-state index contributed by atoms with van der Waals surface area (Å²) in [6, 6.07) is 6.08. The molecule has 0 aliphatic heterocycles. The van der Waals surface area contributed by atoms with Crippen molar-refractivity contribution >= 4 is 34.0 Å². The highest BCUT2D eigenvalue weighted by molar-refractivity contribution is 7.14. The van der Waals surface area contributed by atoms with Crippen molar-refractivity contribution in [2.75, 3.05) is 7.11 Å². The molecular weight excluding hydrogens is 384 g/mol. The Morgan fingerprint density at radius 1 is 1.24 bits per heavy atom. The van der Waals surface area contributed by atoms with E-state index in [0.717, 1.165) is 38.2 Å². The second kappa shape index (κ2) is 7.18. The monoisotopic (exact) mass is 404 g/mol. The highest BCUT2D eigenvalue weighted by Crippen LogP contribution is 2.30. The lowest BCUT2D eigenvalue weighted by Gasteiger charge is -2.07. The van der Waals surface area contributed by atoms with Crippen molar-refractivity contribution in [3.05, 3.63) is 51.8 Å². The number of allylic oxidation sites excluding steroid dienone is 1. The number of fused-ring (bicyclic) bond motifs is 1. The third kappa shape index (κ3) is 3.30. The summed E-state index contributed by atoms with van der Waals surface area (Å²) in [6.45, 7) is 8.14. The number of pyridine rings is 1. The van der Waals surface area contributed by atoms with Crippen LogP contribution in [0.1, 0.15) is 33.5 Å². The smallest absolute Gasteiger partial charge is 0.215 e. The summed E-state index contributed by atoms with van der Waals surface area (Å²) in [4.78, 5) is 16.4. The zero-order valence-corrected chi connectivity index (χ0v) is 17.7. The van der Waals surface area contributed by atoms with Crippen molar-refractivity contribution in [2.45, 2.75) is 27.7 Å². The number of methoxy groups -OCH3 is 1. The summed E-state index contributed by atoms with van der Waals surface area (Å²) in [5, 5.41) is 11.9. The first-order valence-electron chi connectivity index (χ1n) is 9.06. The first-order chi connectivity index (χ1) is 13.9. The van der Waals surface area contributed by atoms with Crippen LogP contribution in [0.2, 0.25) is 0 Å². The van der Waals surface area contributed by atoms with Gasteiger partial charge in [0.05, 0.1) is 40.6 Å². The van der Waals surface area contributed by atoms with Gasteiger partial charge in [-0.2, -0.15) is 5.26 Å². The predicted octanol–water partition coefficient (Wildman–Crippen LogP) is 4.51. The van der Waals surface area contributed by atoms with Gasteiger partial charge in [0.15, 0.2) is 0 Å². The average molecular weight is 404 g/mol. The zero-order chi connectivity index (χ0) is 20.7. The van der Waals surface area contributed by atoms with Crippen molar-refractivity contribution in [1.29, 1.82) is 5.26 Å². The Bertz CT molecular complexity index is 1300. The molecule has 0 radical (unpaired) electrons. The highest BCUT2D eigenvalue weighted by Gasteiger charge is 2.16. The molecule has 7 nitrogen and oxygen atoms in total. The van der Waals surface area contributed by atoms with Crippen LogP contribution in [-0.4, -0.2) is 31.6 Å². The second-order valence-electron chi connectivity index (χ2n) is 6.78. The molecule has 0 atom stereocenters. The SMILES string of the molecule is COc1cc2nc(C(C#N)=Cc3cc(C)n(-c4sc(C)nc4C)c3C)[nH]c2cn1. The molecule has 4 heterocycles. The lowest BCUT2D eigenvalue weighted by atomic mass is 10.1. The van der Waals surface area contributed by atoms with Crippen LogP contribution in [0.15, 0.2) is 18.3 Å². The first-order valence-corrected chi connectivity index (χ1v) is 9.88. The number of aryl methyl sites for hydroxylation is 3. The summed E-state index contributed by atoms with van der Waals surface area (Å²) in [7, 11) is 1.56. The number of hydrogen-bond donors (Lipinski definition) is 1. The van der Waals surface area contributed by atoms with Gasteiger partial charge in [0.2, 0.25) is 5.88 Å². The fourth-order valence-corrected chi connectivity index (χ4v) is 4.44. The van der Waals surface area contributed by atoms with E-state index < -0.39 is 0 Å². The van der Waals surface area contributed by atoms with E-state index in [0.29, 0.717) is 22.8 Å². The van der Waals surface area contributed by atoms with Crippen molar-refractivity contribution in [3.63, 3.8) is 0 Å². The summed E-state index contributed by atoms with van der Waals surface area (Å²) in [5.41, 5.74) is 6.04. The Morgan fingerprint density at radius 2 is 2.03 bits per heavy atom. The topological polar surface area (TPSA) is 92.4 Å². The molecule has 0 bridgehead atoms. The molecule has 0 spiro atoms. The van der Waals surface area contributed by atoms with Crippen LogP contribution in [0.25, 0.3) is 27.7 Å². The van der Waals surface area contributed by atoms with Gasteiger partial charge in [-0.15, -0.1) is 11.3 Å². The molecule has 4 aromatic rings. The lowest BCUT2D eigenvalue weighted by molar-refractivity contribution is 0.398. The van der Waals surface area contributed by atoms with E-state index in [2.05, 4.69) is 50.5 Å². The van der Waals surface area contributed by atoms with E-state index in [-0.39, 0.29) is 0 Å². The quantitative estimate of drug-likeness (QED) is 0.505. The van der Waals surface area contributed by atoms with Crippen LogP contribution in [0.3, 0.4) is 0 Å². The Balaban J connectivity index is 1.80. The second-order valence-corrected chi connectivity index (χ2v) is 7.97. The molecule has 0 aliphatic carbocycles. The van der Waals surface area contributed by atoms with Crippen LogP contribution < -0.4 is 4.74 Å². The Labute approximate surface area is 172 Å². The molecule has 0 fully saturated rings. The zero-order valence-electron chi connectivity index (χ0n) is 16.9. The standard InChI is InChI=1S/C21H20N6OS/c1-11-6-15(13(3)27(11)21-12(2)24-14(4)29-21)7-16(9-22)20-25-17-8-19(28-5)23-10-18(17)26-20/h6-8,10H,1-5H3,(H,25,26). The number of aromatic nitrogens is 5. The number of H-pyrrole nitrogens is 1. The molecule has 8 heteroatoms. The molecule has 4 aromatic heterocycles. The minimum absolute atomic E-state index is 0.456. The minimum atomic E-state index is 0.456. The Kier molecular flexibility index (Phi) is 4.68. The van der Waals surface area contributed by atoms with Crippen LogP contribution in [0, 0.1) is 39.0 Å². The van der Waals surface area contributed by atoms with Crippen LogP contribution >= 0.6 is 11.3 Å². The maximum absolute atomic E-state index is 9.76. The number of nitrogens with zero attached hydrogens (tertiary/aromatic N) is 5. The maximum Gasteiger partial charge on any atom is 0.215 e. The summed E-state index contributed by atoms with van der Waals surface area (Å²) >= 11 is 1.67. The van der Waals surface area contributed by atoms with E-state index in [9.17, 15) is 5.26 Å². The van der Waals surface area contributed by atoms with Crippen molar-refractivity contribution in [1.82, 2.24) is 24.5 Å². The predicted molar refractivity (Wildman–Crippen MR) is 114 cm³/mol. The molecule has 146 valence electrons. The number of aromatic amines is 1. The minimum Gasteiger partial charge on any atom is -0.481 e. The van der Waals surface area contributed by atoms with Crippen LogP contribution in [-0.2, 0) is 0 Å². The molecule has 29 heavy (non-hydrogen) atoms. The molecular formula is C21H20N6OS. The van der Waals surface area contributed by atoms with Gasteiger partial charge in [-0.3, -0.25) is 0 Å². The molecule has 4 rings (SSSR count). The van der Waals surface area contributed by atoms with E-state index in [1.54, 1.807) is 30.7 Å². The van der Waals surface area contributed by atoms with Gasteiger partial charge in [0, 0.05) is 17.5 Å². The van der Waals surface area contributed by atoms with Crippen molar-refractivity contribution < 1.29 is 4.74 Å². The van der Waals surface area contributed by atoms with Gasteiger partial charge in [-0.1, -0.05) is 0 Å². The molecule has 0 unspecified atom stereocenters. The summed E-state index contributed by atoms with van der Waals surface area (Å²) < 4.78 is 7.34. The third-order valence-corrected chi connectivity index (χ3v) is 5.84. The number of nitriles is 1. The van der Waals surface area contributed by atoms with Crippen molar-refractivity contribution in [2.24, 2.45) is 0 Å².